The lowest BCUT2D eigenvalue weighted by Crippen LogP contribution is -2.52. The monoisotopic (exact) mass is 959 g/mol. The third-order valence-corrected chi connectivity index (χ3v) is 8.90. The highest BCUT2D eigenvalue weighted by Crippen LogP contribution is 2.22. The number of carbonyl (C=O) groups is 6. The summed E-state index contributed by atoms with van der Waals surface area (Å²) in [4.78, 5) is 78.2. The minimum absolute atomic E-state index is 0.168. The number of aliphatic hydroxyl groups excluding tert-OH is 1. The van der Waals surface area contributed by atoms with E-state index < -0.39 is 95.2 Å². The summed E-state index contributed by atoms with van der Waals surface area (Å²) in [5, 5.41) is 9.43. The SMILES string of the molecule is C=CCC(OCc1ccccc1)[C@H](C)OC(=O)[C@H](C)N(C(=O)OC(C)(C)C)C(=O)OC(C)(C)C.C[C@H](OC(=O)[C@H](C)N(C(=O)OC(C)(C)C)C(=O)OC(C)(C)C)C(CCO)OCc1ccccc1. The Hall–Kier alpha value is -5.52. The van der Waals surface area contributed by atoms with Gasteiger partial charge >= 0.3 is 36.3 Å². The molecule has 0 aliphatic rings. The van der Waals surface area contributed by atoms with Gasteiger partial charge in [0.1, 0.15) is 46.7 Å². The zero-order chi connectivity index (χ0) is 52.2. The average molecular weight is 959 g/mol. The molecule has 0 aliphatic heterocycles. The van der Waals surface area contributed by atoms with Gasteiger partial charge in [-0.1, -0.05) is 66.7 Å². The van der Waals surface area contributed by atoms with E-state index in [1.54, 1.807) is 103 Å². The van der Waals surface area contributed by atoms with Crippen LogP contribution in [-0.4, -0.2) is 117 Å². The molecule has 0 saturated heterocycles. The maximum Gasteiger partial charge on any atom is 0.420 e. The van der Waals surface area contributed by atoms with Gasteiger partial charge < -0.3 is 43.0 Å². The smallest absolute Gasteiger partial charge is 0.420 e. The highest BCUT2D eigenvalue weighted by Gasteiger charge is 2.41. The third kappa shape index (κ3) is 24.0. The number of nitrogens with zero attached hydrogens (tertiary/aromatic N) is 2. The third-order valence-electron chi connectivity index (χ3n) is 8.90. The fourth-order valence-corrected chi connectivity index (χ4v) is 5.65. The van der Waals surface area contributed by atoms with Crippen LogP contribution >= 0.6 is 0 Å². The number of hydrogen-bond acceptors (Lipinski definition) is 15. The summed E-state index contributed by atoms with van der Waals surface area (Å²) in [6, 6.07) is 16.4. The van der Waals surface area contributed by atoms with Gasteiger partial charge in [-0.05, 0) is 128 Å². The van der Waals surface area contributed by atoms with E-state index >= 15 is 0 Å². The van der Waals surface area contributed by atoms with Gasteiger partial charge in [-0.3, -0.25) is 0 Å². The van der Waals surface area contributed by atoms with Crippen LogP contribution in [0.15, 0.2) is 73.3 Å². The van der Waals surface area contributed by atoms with Crippen LogP contribution < -0.4 is 0 Å². The summed E-state index contributed by atoms with van der Waals surface area (Å²) in [5.41, 5.74) is -1.65. The number of hydrogen-bond donors (Lipinski definition) is 1. The van der Waals surface area contributed by atoms with E-state index in [-0.39, 0.29) is 19.6 Å². The van der Waals surface area contributed by atoms with Crippen LogP contribution in [0, 0.1) is 0 Å². The van der Waals surface area contributed by atoms with Crippen molar-refractivity contribution in [2.75, 3.05) is 6.61 Å². The van der Waals surface area contributed by atoms with E-state index in [1.807, 2.05) is 60.7 Å². The van der Waals surface area contributed by atoms with Gasteiger partial charge in [-0.15, -0.1) is 6.58 Å². The van der Waals surface area contributed by atoms with Gasteiger partial charge in [-0.2, -0.15) is 9.80 Å². The minimum atomic E-state index is -1.32. The predicted molar refractivity (Wildman–Crippen MR) is 255 cm³/mol. The molecule has 68 heavy (non-hydrogen) atoms. The fourth-order valence-electron chi connectivity index (χ4n) is 5.65. The van der Waals surface area contributed by atoms with Gasteiger partial charge in [0.25, 0.3) is 0 Å². The topological polar surface area (TPSA) is 203 Å². The molecule has 2 aromatic carbocycles. The van der Waals surface area contributed by atoms with Crippen LogP contribution in [0.1, 0.15) is 135 Å². The molecule has 0 aromatic heterocycles. The summed E-state index contributed by atoms with van der Waals surface area (Å²) >= 11 is 0. The van der Waals surface area contributed by atoms with Crippen molar-refractivity contribution in [2.45, 2.75) is 196 Å². The first kappa shape index (κ1) is 60.5. The van der Waals surface area contributed by atoms with E-state index in [0.717, 1.165) is 11.1 Å². The Balaban J connectivity index is 0.000000680. The van der Waals surface area contributed by atoms with Crippen molar-refractivity contribution >= 4 is 36.3 Å². The highest BCUT2D eigenvalue weighted by molar-refractivity contribution is 5.94. The lowest BCUT2D eigenvalue weighted by molar-refractivity contribution is -0.163. The van der Waals surface area contributed by atoms with Crippen molar-refractivity contribution in [1.82, 2.24) is 9.80 Å². The molecule has 0 bridgehead atoms. The summed E-state index contributed by atoms with van der Waals surface area (Å²) in [5.74, 6) is -1.63. The van der Waals surface area contributed by atoms with Crippen LogP contribution in [-0.2, 0) is 60.7 Å². The van der Waals surface area contributed by atoms with Gasteiger partial charge in [0, 0.05) is 13.0 Å². The Labute approximate surface area is 403 Å². The van der Waals surface area contributed by atoms with Gasteiger partial charge in [0.15, 0.2) is 0 Å². The number of benzene rings is 2. The van der Waals surface area contributed by atoms with Crippen molar-refractivity contribution in [3.05, 3.63) is 84.4 Å². The molecule has 2 aromatic rings. The van der Waals surface area contributed by atoms with E-state index in [4.69, 9.17) is 37.9 Å². The maximum absolute atomic E-state index is 13.0. The van der Waals surface area contributed by atoms with Crippen molar-refractivity contribution in [1.29, 1.82) is 0 Å². The van der Waals surface area contributed by atoms with Crippen molar-refractivity contribution in [2.24, 2.45) is 0 Å². The molecule has 382 valence electrons. The van der Waals surface area contributed by atoms with Crippen molar-refractivity contribution in [3.8, 4) is 0 Å². The minimum Gasteiger partial charge on any atom is -0.458 e. The first-order valence-corrected chi connectivity index (χ1v) is 22.7. The van der Waals surface area contributed by atoms with Crippen LogP contribution in [0.5, 0.6) is 0 Å². The summed E-state index contributed by atoms with van der Waals surface area (Å²) in [6.45, 7) is 30.1. The molecule has 17 nitrogen and oxygen atoms in total. The first-order valence-electron chi connectivity index (χ1n) is 22.7. The number of ether oxygens (including phenoxy) is 8. The lowest BCUT2D eigenvalue weighted by atomic mass is 10.1. The second kappa shape index (κ2) is 27.5. The molecule has 17 heteroatoms. The van der Waals surface area contributed by atoms with E-state index in [9.17, 15) is 33.9 Å². The van der Waals surface area contributed by atoms with Crippen molar-refractivity contribution in [3.63, 3.8) is 0 Å². The van der Waals surface area contributed by atoms with E-state index in [1.165, 1.54) is 13.8 Å². The molecule has 6 atom stereocenters. The Morgan fingerprint density at radius 1 is 0.529 bits per heavy atom. The number of amides is 4. The molecule has 0 radical (unpaired) electrons. The lowest BCUT2D eigenvalue weighted by Gasteiger charge is -2.32. The van der Waals surface area contributed by atoms with E-state index in [0.29, 0.717) is 22.8 Å². The molecule has 4 amide bonds. The van der Waals surface area contributed by atoms with Gasteiger partial charge in [0.2, 0.25) is 0 Å². The molecule has 0 saturated carbocycles. The average Bonchev–Trinajstić information content (AvgIpc) is 3.19. The zero-order valence-electron chi connectivity index (χ0n) is 43.1. The highest BCUT2D eigenvalue weighted by atomic mass is 16.6. The standard InChI is InChI=1S/C26H39NO7.C25H39NO8/c1-10-14-21(31-17-20-15-12-11-13-16-20)19(3)32-22(28)18(2)27(23(29)33-25(4,5)6)24(30)34-26(7,8)9;1-17(26(22(29)33-24(3,4)5)23(30)34-25(6,7)8)21(28)32-18(2)20(14-15-27)31-16-19-12-10-9-11-13-19/h10-13,15-16,18-19,21H,1,14,17H2,2-9H3;9-13,17-18,20,27H,14-16H2,1-8H3/t18-,19-,21?;17-,18-,20?/m00/s1. The predicted octanol–water partition coefficient (Wildman–Crippen LogP) is 10.1. The molecule has 1 N–H and O–H groups in total. The second-order valence-electron chi connectivity index (χ2n) is 20.0. The van der Waals surface area contributed by atoms with E-state index in [2.05, 4.69) is 6.58 Å². The molecule has 2 rings (SSSR count). The molecule has 0 fully saturated rings. The maximum atomic E-state index is 13.0. The largest absolute Gasteiger partial charge is 0.458 e. The summed E-state index contributed by atoms with van der Waals surface area (Å²) in [6.07, 6.45) is -4.18. The number of carbonyl (C=O) groups excluding carboxylic acids is 6. The number of imide groups is 2. The fraction of sp³-hybridized carbons (Fsp3) is 0.608. The van der Waals surface area contributed by atoms with Gasteiger partial charge in [0.05, 0.1) is 25.4 Å². The van der Waals surface area contributed by atoms with Crippen LogP contribution in [0.4, 0.5) is 19.2 Å². The molecular weight excluding hydrogens is 881 g/mol. The van der Waals surface area contributed by atoms with Crippen LogP contribution in [0.3, 0.4) is 0 Å². The van der Waals surface area contributed by atoms with Crippen LogP contribution in [0.2, 0.25) is 0 Å². The number of rotatable bonds is 18. The Kier molecular flexibility index (Phi) is 24.4. The van der Waals surface area contributed by atoms with Crippen molar-refractivity contribution < 1.29 is 71.8 Å². The Morgan fingerprint density at radius 2 is 0.824 bits per heavy atom. The molecule has 2 unspecified atom stereocenters. The van der Waals surface area contributed by atoms with Gasteiger partial charge in [-0.25, -0.2) is 28.8 Å². The molecule has 0 spiro atoms. The summed E-state index contributed by atoms with van der Waals surface area (Å²) < 4.78 is 44.2. The Bertz CT molecular complexity index is 1840. The Morgan fingerprint density at radius 3 is 1.10 bits per heavy atom. The first-order chi connectivity index (χ1) is 31.3. The van der Waals surface area contributed by atoms with Crippen LogP contribution in [0.25, 0.3) is 0 Å². The zero-order valence-corrected chi connectivity index (χ0v) is 43.1. The quantitative estimate of drug-likeness (QED) is 0.0839. The molecule has 0 aliphatic carbocycles. The molecular formula is C51H78N2O15. The second-order valence-corrected chi connectivity index (χ2v) is 20.0. The normalized spacial score (nSPS) is 14.4. The summed E-state index contributed by atoms with van der Waals surface area (Å²) in [7, 11) is 0. The number of esters is 2. The number of aliphatic hydroxyl groups is 1. The molecule has 0 heterocycles.